The van der Waals surface area contributed by atoms with Crippen LogP contribution in [0.5, 0.6) is 5.75 Å². The minimum Gasteiger partial charge on any atom is -0.482 e. The molecule has 0 spiro atoms. The van der Waals surface area contributed by atoms with Crippen molar-refractivity contribution < 1.29 is 27.9 Å². The summed E-state index contributed by atoms with van der Waals surface area (Å²) >= 11 is 0. The number of ether oxygens (including phenoxy) is 3. The molecule has 0 radical (unpaired) electrons. The summed E-state index contributed by atoms with van der Waals surface area (Å²) in [6.07, 6.45) is 1.87. The molecule has 0 N–H and O–H groups in total. The summed E-state index contributed by atoms with van der Waals surface area (Å²) in [5.41, 5.74) is -0.625. The van der Waals surface area contributed by atoms with Crippen LogP contribution < -0.4 is 4.74 Å². The van der Waals surface area contributed by atoms with Gasteiger partial charge in [-0.25, -0.2) is 4.39 Å². The van der Waals surface area contributed by atoms with Crippen LogP contribution in [-0.4, -0.2) is 30.5 Å². The summed E-state index contributed by atoms with van der Waals surface area (Å²) < 4.78 is 42.9. The van der Waals surface area contributed by atoms with Crippen molar-refractivity contribution in [3.8, 4) is 5.75 Å². The Morgan fingerprint density at radius 2 is 2.23 bits per heavy atom. The molecule has 1 unspecified atom stereocenters. The zero-order valence-corrected chi connectivity index (χ0v) is 12.1. The van der Waals surface area contributed by atoms with Crippen LogP contribution in [0.4, 0.5) is 14.5 Å². The molecule has 0 aliphatic carbocycles. The first kappa shape index (κ1) is 16.6. The zero-order chi connectivity index (χ0) is 16.1. The van der Waals surface area contributed by atoms with E-state index in [4.69, 9.17) is 14.2 Å². The SMILES string of the molecule is C[C@H](COc1c([N+](=O)[O-])ccc(F)c1F)OC1CCCCO1. The zero-order valence-electron chi connectivity index (χ0n) is 12.1. The van der Waals surface area contributed by atoms with Gasteiger partial charge in [-0.1, -0.05) is 0 Å². The number of hydrogen-bond donors (Lipinski definition) is 0. The summed E-state index contributed by atoms with van der Waals surface area (Å²) in [4.78, 5) is 10.0. The van der Waals surface area contributed by atoms with E-state index >= 15 is 0 Å². The number of rotatable bonds is 6. The summed E-state index contributed by atoms with van der Waals surface area (Å²) in [6.45, 7) is 2.13. The molecular formula is C14H17F2NO5. The van der Waals surface area contributed by atoms with E-state index in [0.717, 1.165) is 25.3 Å². The number of halogens is 2. The predicted octanol–water partition coefficient (Wildman–Crippen LogP) is 3.18. The average Bonchev–Trinajstić information content (AvgIpc) is 2.49. The topological polar surface area (TPSA) is 70.8 Å². The molecule has 8 heteroatoms. The minimum atomic E-state index is -1.38. The summed E-state index contributed by atoms with van der Waals surface area (Å²) in [5.74, 6) is -3.30. The Morgan fingerprint density at radius 1 is 1.45 bits per heavy atom. The van der Waals surface area contributed by atoms with Crippen LogP contribution in [0, 0.1) is 21.7 Å². The smallest absolute Gasteiger partial charge is 0.314 e. The van der Waals surface area contributed by atoms with Gasteiger partial charge < -0.3 is 14.2 Å². The number of nitro groups is 1. The normalized spacial score (nSPS) is 19.7. The number of nitrogens with zero attached hydrogens (tertiary/aromatic N) is 1. The van der Waals surface area contributed by atoms with Crippen molar-refractivity contribution in [2.75, 3.05) is 13.2 Å². The average molecular weight is 317 g/mol. The third-order valence-electron chi connectivity index (χ3n) is 3.21. The van der Waals surface area contributed by atoms with Gasteiger partial charge in [0.1, 0.15) is 6.61 Å². The van der Waals surface area contributed by atoms with E-state index < -0.39 is 34.1 Å². The van der Waals surface area contributed by atoms with Crippen molar-refractivity contribution in [1.82, 2.24) is 0 Å². The van der Waals surface area contributed by atoms with Crippen LogP contribution in [0.15, 0.2) is 12.1 Å². The van der Waals surface area contributed by atoms with E-state index in [-0.39, 0.29) is 12.9 Å². The Hall–Kier alpha value is -1.80. The standard InChI is InChI=1S/C14H17F2NO5/c1-9(22-12-4-2-3-7-20-12)8-21-14-11(17(18)19)6-5-10(15)13(14)16/h5-6,9,12H,2-4,7-8H2,1H3/t9-,12?/m1/s1. The lowest BCUT2D eigenvalue weighted by molar-refractivity contribution is -0.386. The lowest BCUT2D eigenvalue weighted by Gasteiger charge is -2.26. The summed E-state index contributed by atoms with van der Waals surface area (Å²) in [6, 6.07) is 1.56. The van der Waals surface area contributed by atoms with Gasteiger partial charge in [-0.15, -0.1) is 0 Å². The van der Waals surface area contributed by atoms with Crippen molar-refractivity contribution in [2.24, 2.45) is 0 Å². The Labute approximate surface area is 126 Å². The molecule has 1 saturated heterocycles. The second-order valence-corrected chi connectivity index (χ2v) is 5.02. The largest absolute Gasteiger partial charge is 0.482 e. The van der Waals surface area contributed by atoms with E-state index in [1.54, 1.807) is 6.92 Å². The first-order valence-corrected chi connectivity index (χ1v) is 7.01. The van der Waals surface area contributed by atoms with Crippen LogP contribution in [0.2, 0.25) is 0 Å². The van der Waals surface area contributed by atoms with Gasteiger partial charge >= 0.3 is 5.69 Å². The van der Waals surface area contributed by atoms with Crippen molar-refractivity contribution in [3.05, 3.63) is 33.9 Å². The quantitative estimate of drug-likeness (QED) is 0.595. The van der Waals surface area contributed by atoms with E-state index in [1.807, 2.05) is 0 Å². The first-order valence-electron chi connectivity index (χ1n) is 7.01. The Balaban J connectivity index is 1.98. The van der Waals surface area contributed by atoms with Crippen LogP contribution in [-0.2, 0) is 9.47 Å². The van der Waals surface area contributed by atoms with Crippen LogP contribution in [0.1, 0.15) is 26.2 Å². The van der Waals surface area contributed by atoms with E-state index in [1.165, 1.54) is 0 Å². The fourth-order valence-electron chi connectivity index (χ4n) is 2.12. The molecular weight excluding hydrogens is 300 g/mol. The van der Waals surface area contributed by atoms with Crippen LogP contribution >= 0.6 is 0 Å². The highest BCUT2D eigenvalue weighted by Gasteiger charge is 2.24. The molecule has 2 atom stereocenters. The lowest BCUT2D eigenvalue weighted by atomic mass is 10.2. The molecule has 1 aliphatic rings. The van der Waals surface area contributed by atoms with Gasteiger partial charge in [-0.2, -0.15) is 4.39 Å². The Bertz CT molecular complexity index is 534. The maximum absolute atomic E-state index is 13.7. The first-order chi connectivity index (χ1) is 10.5. The van der Waals surface area contributed by atoms with Gasteiger partial charge in [0.05, 0.1) is 11.0 Å². The molecule has 0 amide bonds. The van der Waals surface area contributed by atoms with E-state index in [2.05, 4.69) is 0 Å². The molecule has 0 aromatic heterocycles. The fraction of sp³-hybridized carbons (Fsp3) is 0.571. The van der Waals surface area contributed by atoms with Gasteiger partial charge in [-0.05, 0) is 32.3 Å². The Kier molecular flexibility index (Phi) is 5.62. The van der Waals surface area contributed by atoms with Crippen molar-refractivity contribution in [3.63, 3.8) is 0 Å². The van der Waals surface area contributed by atoms with Gasteiger partial charge in [-0.3, -0.25) is 10.1 Å². The molecule has 6 nitrogen and oxygen atoms in total. The van der Waals surface area contributed by atoms with Gasteiger partial charge in [0.2, 0.25) is 11.6 Å². The van der Waals surface area contributed by atoms with Crippen molar-refractivity contribution >= 4 is 5.69 Å². The maximum Gasteiger partial charge on any atom is 0.314 e. The molecule has 0 saturated carbocycles. The predicted molar refractivity (Wildman–Crippen MR) is 72.6 cm³/mol. The second-order valence-electron chi connectivity index (χ2n) is 5.02. The highest BCUT2D eigenvalue weighted by molar-refractivity contribution is 5.47. The van der Waals surface area contributed by atoms with Crippen molar-refractivity contribution in [1.29, 1.82) is 0 Å². The van der Waals surface area contributed by atoms with Gasteiger partial charge in [0.25, 0.3) is 0 Å². The third-order valence-corrected chi connectivity index (χ3v) is 3.21. The number of nitro benzene ring substituents is 1. The number of benzene rings is 1. The molecule has 1 aromatic rings. The number of hydrogen-bond acceptors (Lipinski definition) is 5. The molecule has 22 heavy (non-hydrogen) atoms. The molecule has 0 bridgehead atoms. The monoisotopic (exact) mass is 317 g/mol. The molecule has 1 aliphatic heterocycles. The molecule has 122 valence electrons. The van der Waals surface area contributed by atoms with Crippen molar-refractivity contribution in [2.45, 2.75) is 38.6 Å². The summed E-state index contributed by atoms with van der Waals surface area (Å²) in [7, 11) is 0. The van der Waals surface area contributed by atoms with Crippen LogP contribution in [0.25, 0.3) is 0 Å². The van der Waals surface area contributed by atoms with E-state index in [9.17, 15) is 18.9 Å². The highest BCUT2D eigenvalue weighted by Crippen LogP contribution is 2.31. The molecule has 2 rings (SSSR count). The molecule has 1 fully saturated rings. The second kappa shape index (κ2) is 7.46. The van der Waals surface area contributed by atoms with Gasteiger partial charge in [0, 0.05) is 12.7 Å². The van der Waals surface area contributed by atoms with Gasteiger partial charge in [0.15, 0.2) is 12.1 Å². The Morgan fingerprint density at radius 3 is 2.86 bits per heavy atom. The summed E-state index contributed by atoms with van der Waals surface area (Å²) in [5, 5.41) is 10.8. The van der Waals surface area contributed by atoms with E-state index in [0.29, 0.717) is 12.7 Å². The fourth-order valence-corrected chi connectivity index (χ4v) is 2.12. The van der Waals surface area contributed by atoms with Crippen LogP contribution in [0.3, 0.4) is 0 Å². The minimum absolute atomic E-state index is 0.152. The molecule has 1 aromatic carbocycles. The third kappa shape index (κ3) is 4.11. The lowest BCUT2D eigenvalue weighted by Crippen LogP contribution is -2.29. The highest BCUT2D eigenvalue weighted by atomic mass is 19.2. The maximum atomic E-state index is 13.7. The molecule has 1 heterocycles.